The second-order valence-corrected chi connectivity index (χ2v) is 6.96. The standard InChI is InChI=1S/C19H21N5O2/c1-22-9-11-23(12-10-22)13-17(25)24-16-7-3-2-5-14(16)19(26)21-15-6-4-8-20-18(15)24/h2-8H,9-13H2,1H3,(H,21,26)/p+2. The second-order valence-electron chi connectivity index (χ2n) is 6.96. The summed E-state index contributed by atoms with van der Waals surface area (Å²) in [6, 6.07) is 10.7. The van der Waals surface area contributed by atoms with Crippen LogP contribution in [0.4, 0.5) is 17.2 Å². The lowest BCUT2D eigenvalue weighted by Gasteiger charge is -2.29. The number of carbonyl (C=O) groups is 2. The van der Waals surface area contributed by atoms with E-state index in [-0.39, 0.29) is 11.8 Å². The number of fused-ring (bicyclic) bond motifs is 2. The molecular formula is C19H23N5O2+2. The van der Waals surface area contributed by atoms with Gasteiger partial charge in [0.25, 0.3) is 11.8 Å². The summed E-state index contributed by atoms with van der Waals surface area (Å²) in [6.07, 6.45) is 1.64. The summed E-state index contributed by atoms with van der Waals surface area (Å²) < 4.78 is 0. The molecule has 134 valence electrons. The van der Waals surface area contributed by atoms with Crippen LogP contribution >= 0.6 is 0 Å². The van der Waals surface area contributed by atoms with Crippen molar-refractivity contribution in [2.45, 2.75) is 0 Å². The molecule has 0 saturated carbocycles. The number of benzene rings is 1. The number of anilines is 3. The number of quaternary nitrogens is 2. The molecule has 0 radical (unpaired) electrons. The Balaban J connectivity index is 1.71. The summed E-state index contributed by atoms with van der Waals surface area (Å²) in [4.78, 5) is 34.6. The predicted octanol–water partition coefficient (Wildman–Crippen LogP) is -1.27. The molecule has 1 aromatic heterocycles. The van der Waals surface area contributed by atoms with Crippen LogP contribution in [0, 0.1) is 0 Å². The molecule has 0 atom stereocenters. The Morgan fingerprint density at radius 3 is 2.73 bits per heavy atom. The van der Waals surface area contributed by atoms with E-state index in [2.05, 4.69) is 17.3 Å². The number of piperazine rings is 1. The highest BCUT2D eigenvalue weighted by atomic mass is 16.2. The minimum absolute atomic E-state index is 0.0385. The number of para-hydroxylation sites is 1. The topological polar surface area (TPSA) is 71.2 Å². The van der Waals surface area contributed by atoms with Gasteiger partial charge in [-0.1, -0.05) is 12.1 Å². The first-order valence-corrected chi connectivity index (χ1v) is 8.96. The van der Waals surface area contributed by atoms with Gasteiger partial charge in [-0.15, -0.1) is 0 Å². The third kappa shape index (κ3) is 3.07. The highest BCUT2D eigenvalue weighted by Gasteiger charge is 2.33. The minimum atomic E-state index is -0.222. The zero-order chi connectivity index (χ0) is 18.1. The van der Waals surface area contributed by atoms with Crippen LogP contribution in [0.1, 0.15) is 10.4 Å². The molecular weight excluding hydrogens is 330 g/mol. The maximum atomic E-state index is 13.3. The molecule has 2 amide bonds. The number of likely N-dealkylation sites (N-methyl/N-ethyl adjacent to an activating group) is 1. The Hall–Kier alpha value is -2.77. The normalized spacial score (nSPS) is 22.0. The van der Waals surface area contributed by atoms with E-state index in [1.54, 1.807) is 41.4 Å². The Labute approximate surface area is 152 Å². The lowest BCUT2D eigenvalue weighted by molar-refractivity contribution is -1.000. The second kappa shape index (κ2) is 6.86. The average Bonchev–Trinajstić information content (AvgIpc) is 2.77. The van der Waals surface area contributed by atoms with Gasteiger partial charge >= 0.3 is 0 Å². The Morgan fingerprint density at radius 1 is 1.15 bits per heavy atom. The van der Waals surface area contributed by atoms with Crippen molar-refractivity contribution in [3.8, 4) is 0 Å². The SMILES string of the molecule is C[NH+]1CC[NH+](CC(=O)N2c3ccccc3C(=O)Nc3cccnc32)CC1. The maximum Gasteiger partial charge on any atom is 0.287 e. The fraction of sp³-hybridized carbons (Fsp3) is 0.316. The number of nitrogens with one attached hydrogen (secondary N) is 3. The van der Waals surface area contributed by atoms with Gasteiger partial charge in [-0.2, -0.15) is 0 Å². The van der Waals surface area contributed by atoms with E-state index in [4.69, 9.17) is 0 Å². The van der Waals surface area contributed by atoms with Crippen molar-refractivity contribution in [1.82, 2.24) is 4.98 Å². The van der Waals surface area contributed by atoms with Crippen molar-refractivity contribution >= 4 is 29.0 Å². The summed E-state index contributed by atoms with van der Waals surface area (Å²) in [5, 5.41) is 2.87. The van der Waals surface area contributed by atoms with Crippen molar-refractivity contribution in [1.29, 1.82) is 0 Å². The Bertz CT molecular complexity index is 845. The van der Waals surface area contributed by atoms with Gasteiger partial charge < -0.3 is 15.1 Å². The predicted molar refractivity (Wildman–Crippen MR) is 98.0 cm³/mol. The van der Waals surface area contributed by atoms with E-state index in [0.717, 1.165) is 26.2 Å². The first kappa shape index (κ1) is 16.7. The molecule has 3 heterocycles. The molecule has 2 aliphatic heterocycles. The first-order valence-electron chi connectivity index (χ1n) is 8.96. The van der Waals surface area contributed by atoms with Gasteiger partial charge in [0.05, 0.1) is 24.0 Å². The van der Waals surface area contributed by atoms with E-state index in [0.29, 0.717) is 29.3 Å². The smallest absolute Gasteiger partial charge is 0.287 e. The van der Waals surface area contributed by atoms with Gasteiger partial charge in [0.2, 0.25) is 0 Å². The summed E-state index contributed by atoms with van der Waals surface area (Å²) in [5.74, 6) is 0.221. The van der Waals surface area contributed by atoms with Gasteiger partial charge in [-0.05, 0) is 24.3 Å². The van der Waals surface area contributed by atoms with Crippen molar-refractivity contribution in [3.63, 3.8) is 0 Å². The molecule has 0 unspecified atom stereocenters. The third-order valence-corrected chi connectivity index (χ3v) is 5.10. The Kier molecular flexibility index (Phi) is 4.40. The highest BCUT2D eigenvalue weighted by molar-refractivity contribution is 6.17. The van der Waals surface area contributed by atoms with E-state index in [1.165, 1.54) is 9.80 Å². The monoisotopic (exact) mass is 353 g/mol. The lowest BCUT2D eigenvalue weighted by atomic mass is 10.1. The fourth-order valence-electron chi connectivity index (χ4n) is 3.59. The molecule has 0 spiro atoms. The number of aromatic nitrogens is 1. The summed E-state index contributed by atoms with van der Waals surface area (Å²) in [7, 11) is 2.18. The molecule has 7 nitrogen and oxygen atoms in total. The number of rotatable bonds is 2. The van der Waals surface area contributed by atoms with Crippen LogP contribution in [0.3, 0.4) is 0 Å². The molecule has 1 saturated heterocycles. The van der Waals surface area contributed by atoms with Crippen LogP contribution in [-0.4, -0.2) is 56.6 Å². The van der Waals surface area contributed by atoms with E-state index >= 15 is 0 Å². The number of hydrogen-bond donors (Lipinski definition) is 3. The number of carbonyl (C=O) groups excluding carboxylic acids is 2. The summed E-state index contributed by atoms with van der Waals surface area (Å²) in [6.45, 7) is 4.46. The van der Waals surface area contributed by atoms with Crippen LogP contribution in [0.2, 0.25) is 0 Å². The maximum absolute atomic E-state index is 13.3. The average molecular weight is 353 g/mol. The molecule has 0 aliphatic carbocycles. The molecule has 2 aromatic rings. The molecule has 3 N–H and O–H groups in total. The minimum Gasteiger partial charge on any atom is -0.328 e. The molecule has 7 heteroatoms. The lowest BCUT2D eigenvalue weighted by Crippen LogP contribution is -3.27. The largest absolute Gasteiger partial charge is 0.328 e. The van der Waals surface area contributed by atoms with Crippen LogP contribution in [-0.2, 0) is 4.79 Å². The zero-order valence-corrected chi connectivity index (χ0v) is 14.8. The highest BCUT2D eigenvalue weighted by Crippen LogP contribution is 2.35. The van der Waals surface area contributed by atoms with Gasteiger partial charge in [0.1, 0.15) is 26.2 Å². The number of hydrogen-bond acceptors (Lipinski definition) is 3. The van der Waals surface area contributed by atoms with Gasteiger partial charge in [-0.25, -0.2) is 4.98 Å². The zero-order valence-electron chi connectivity index (χ0n) is 14.8. The number of nitrogens with zero attached hydrogens (tertiary/aromatic N) is 2. The summed E-state index contributed by atoms with van der Waals surface area (Å²) >= 11 is 0. The number of pyridine rings is 1. The molecule has 4 rings (SSSR count). The van der Waals surface area contributed by atoms with Gasteiger partial charge in [-0.3, -0.25) is 14.5 Å². The van der Waals surface area contributed by atoms with Gasteiger partial charge in [0.15, 0.2) is 12.4 Å². The summed E-state index contributed by atoms with van der Waals surface area (Å²) in [5.41, 5.74) is 1.63. The van der Waals surface area contributed by atoms with Crippen LogP contribution in [0.15, 0.2) is 42.6 Å². The van der Waals surface area contributed by atoms with Crippen LogP contribution in [0.5, 0.6) is 0 Å². The van der Waals surface area contributed by atoms with Crippen molar-refractivity contribution < 1.29 is 19.4 Å². The first-order chi connectivity index (χ1) is 12.6. The molecule has 2 aliphatic rings. The van der Waals surface area contributed by atoms with Gasteiger partial charge in [0, 0.05) is 6.20 Å². The van der Waals surface area contributed by atoms with Crippen molar-refractivity contribution in [2.24, 2.45) is 0 Å². The molecule has 0 bridgehead atoms. The van der Waals surface area contributed by atoms with Crippen molar-refractivity contribution in [2.75, 3.05) is 50.0 Å². The fourth-order valence-corrected chi connectivity index (χ4v) is 3.59. The number of amides is 2. The van der Waals surface area contributed by atoms with Crippen LogP contribution in [0.25, 0.3) is 0 Å². The molecule has 1 aromatic carbocycles. The van der Waals surface area contributed by atoms with Crippen LogP contribution < -0.4 is 20.0 Å². The van der Waals surface area contributed by atoms with E-state index in [9.17, 15) is 9.59 Å². The van der Waals surface area contributed by atoms with E-state index < -0.39 is 0 Å². The van der Waals surface area contributed by atoms with Crippen molar-refractivity contribution in [3.05, 3.63) is 48.2 Å². The molecule has 26 heavy (non-hydrogen) atoms. The van der Waals surface area contributed by atoms with E-state index in [1.807, 2.05) is 6.07 Å². The molecule has 1 fully saturated rings. The Morgan fingerprint density at radius 2 is 1.92 bits per heavy atom. The third-order valence-electron chi connectivity index (χ3n) is 5.10. The quantitative estimate of drug-likeness (QED) is 0.630.